The number of aliphatic hydroxyl groups is 1. The van der Waals surface area contributed by atoms with Crippen LogP contribution < -0.4 is 0 Å². The minimum Gasteiger partial charge on any atom is -0.370 e. The minimum atomic E-state index is -0.789. The van der Waals surface area contributed by atoms with Crippen LogP contribution in [0.2, 0.25) is 0 Å². The van der Waals surface area contributed by atoms with E-state index >= 15 is 0 Å². The third-order valence-corrected chi connectivity index (χ3v) is 4.77. The van der Waals surface area contributed by atoms with Gasteiger partial charge in [0.15, 0.2) is 0 Å². The Bertz CT molecular complexity index is 663. The highest BCUT2D eigenvalue weighted by Gasteiger charge is 2.17. The van der Waals surface area contributed by atoms with Crippen molar-refractivity contribution < 1.29 is 9.90 Å². The number of aliphatic hydroxyl groups excluding tert-OH is 1. The summed E-state index contributed by atoms with van der Waals surface area (Å²) in [5.74, 6) is 0.853. The van der Waals surface area contributed by atoms with Gasteiger partial charge in [-0.2, -0.15) is 0 Å². The van der Waals surface area contributed by atoms with Crippen LogP contribution in [0.25, 0.3) is 0 Å². The van der Waals surface area contributed by atoms with Gasteiger partial charge in [-0.15, -0.1) is 24.4 Å². The van der Waals surface area contributed by atoms with Crippen LogP contribution in [0.15, 0.2) is 70.8 Å². The van der Waals surface area contributed by atoms with E-state index in [1.54, 1.807) is 44.1 Å². The first-order valence-electron chi connectivity index (χ1n) is 9.31. The molecule has 0 aliphatic rings. The molecule has 0 aromatic heterocycles. The second-order valence-corrected chi connectivity index (χ2v) is 7.83. The van der Waals surface area contributed by atoms with Crippen molar-refractivity contribution in [1.82, 2.24) is 9.80 Å². The summed E-state index contributed by atoms with van der Waals surface area (Å²) < 4.78 is 0. The fraction of sp³-hybridized carbons (Fsp3) is 0.409. The molecule has 6 heteroatoms. The quantitative estimate of drug-likeness (QED) is 0.199. The molecule has 0 radical (unpaired) electrons. The van der Waals surface area contributed by atoms with Gasteiger partial charge in [0.1, 0.15) is 6.23 Å². The van der Waals surface area contributed by atoms with E-state index in [1.165, 1.54) is 4.90 Å². The average molecular weight is 423 g/mol. The molecule has 0 saturated heterocycles. The fourth-order valence-electron chi connectivity index (χ4n) is 2.29. The van der Waals surface area contributed by atoms with Gasteiger partial charge in [0.2, 0.25) is 0 Å². The van der Waals surface area contributed by atoms with Crippen molar-refractivity contribution in [2.75, 3.05) is 19.3 Å². The predicted octanol–water partition coefficient (Wildman–Crippen LogP) is 5.11. The lowest BCUT2D eigenvalue weighted by atomic mass is 10.1. The summed E-state index contributed by atoms with van der Waals surface area (Å²) in [5.41, 5.74) is 2.13. The summed E-state index contributed by atoms with van der Waals surface area (Å²) in [6.45, 7) is 16.1. The Kier molecular flexibility index (Phi) is 13.5. The molecule has 1 atom stereocenters. The Labute approximate surface area is 180 Å². The van der Waals surface area contributed by atoms with E-state index in [2.05, 4.69) is 32.7 Å². The average Bonchev–Trinajstić information content (AvgIpc) is 2.66. The maximum atomic E-state index is 12.4. The van der Waals surface area contributed by atoms with Gasteiger partial charge in [0.25, 0.3) is 5.91 Å². The molecule has 0 aliphatic carbocycles. The van der Waals surface area contributed by atoms with E-state index in [4.69, 9.17) is 0 Å². The van der Waals surface area contributed by atoms with Crippen LogP contribution in [0.3, 0.4) is 0 Å². The predicted molar refractivity (Wildman–Crippen MR) is 127 cm³/mol. The van der Waals surface area contributed by atoms with Crippen molar-refractivity contribution in [3.8, 4) is 0 Å². The number of carbonyl (C=O) groups is 1. The Morgan fingerprint density at radius 2 is 1.86 bits per heavy atom. The van der Waals surface area contributed by atoms with Crippen molar-refractivity contribution >= 4 is 30.3 Å². The molecule has 1 N–H and O–H groups in total. The Morgan fingerprint density at radius 1 is 1.21 bits per heavy atom. The zero-order chi connectivity index (χ0) is 21.7. The van der Waals surface area contributed by atoms with Crippen LogP contribution in [0, 0.1) is 0 Å². The Balaban J connectivity index is 5.36. The second kappa shape index (κ2) is 14.4. The maximum absolute atomic E-state index is 12.4. The van der Waals surface area contributed by atoms with Gasteiger partial charge >= 0.3 is 0 Å². The summed E-state index contributed by atoms with van der Waals surface area (Å²) in [7, 11) is 1.68. The molecule has 0 aromatic carbocycles. The zero-order valence-electron chi connectivity index (χ0n) is 17.7. The first-order valence-corrected chi connectivity index (χ1v) is 10.8. The van der Waals surface area contributed by atoms with Crippen molar-refractivity contribution in [1.29, 1.82) is 0 Å². The van der Waals surface area contributed by atoms with Crippen molar-refractivity contribution in [3.63, 3.8) is 0 Å². The number of nitrogens with zero attached hydrogens (tertiary/aromatic N) is 2. The van der Waals surface area contributed by atoms with E-state index in [-0.39, 0.29) is 5.91 Å². The number of thioether (sulfide) groups is 1. The molecule has 1 unspecified atom stereocenters. The largest absolute Gasteiger partial charge is 0.370 e. The SMILES string of the molecule is C=C(S)/C=C\N(C)C(=O)/C(C)=C/C=C(\CC)C(O)N(CC)C(=C)/C=C\SCC. The van der Waals surface area contributed by atoms with Gasteiger partial charge in [0, 0.05) is 31.1 Å². The van der Waals surface area contributed by atoms with Gasteiger partial charge in [-0.3, -0.25) is 4.79 Å². The van der Waals surface area contributed by atoms with Crippen LogP contribution in [-0.4, -0.2) is 46.4 Å². The second-order valence-electron chi connectivity index (χ2n) is 6.08. The molecule has 0 rings (SSSR count). The molecular weight excluding hydrogens is 388 g/mol. The molecule has 4 nitrogen and oxygen atoms in total. The van der Waals surface area contributed by atoms with Gasteiger partial charge in [0.05, 0.1) is 0 Å². The van der Waals surface area contributed by atoms with Crippen LogP contribution in [0.1, 0.15) is 34.1 Å². The van der Waals surface area contributed by atoms with E-state index < -0.39 is 6.23 Å². The summed E-state index contributed by atoms with van der Waals surface area (Å²) >= 11 is 5.76. The van der Waals surface area contributed by atoms with Crippen LogP contribution in [-0.2, 0) is 4.79 Å². The van der Waals surface area contributed by atoms with Crippen molar-refractivity contribution in [2.24, 2.45) is 0 Å². The minimum absolute atomic E-state index is 0.136. The van der Waals surface area contributed by atoms with Gasteiger partial charge in [-0.25, -0.2) is 0 Å². The van der Waals surface area contributed by atoms with E-state index in [0.29, 0.717) is 23.4 Å². The number of hydrogen-bond donors (Lipinski definition) is 2. The number of likely N-dealkylation sites (N-methyl/N-ethyl adjacent to an activating group) is 2. The van der Waals surface area contributed by atoms with E-state index in [1.807, 2.05) is 36.3 Å². The molecule has 0 spiro atoms. The Morgan fingerprint density at radius 3 is 2.36 bits per heavy atom. The number of thiol groups is 1. The van der Waals surface area contributed by atoms with Crippen molar-refractivity contribution in [3.05, 3.63) is 70.8 Å². The molecule has 0 heterocycles. The van der Waals surface area contributed by atoms with Crippen LogP contribution in [0.4, 0.5) is 0 Å². The van der Waals surface area contributed by atoms with Gasteiger partial charge in [-0.05, 0) is 54.1 Å². The molecule has 0 bridgehead atoms. The van der Waals surface area contributed by atoms with E-state index in [9.17, 15) is 9.90 Å². The number of rotatable bonds is 12. The summed E-state index contributed by atoms with van der Waals surface area (Å²) in [6.07, 6.45) is 8.61. The van der Waals surface area contributed by atoms with Crippen molar-refractivity contribution in [2.45, 2.75) is 40.3 Å². The Hall–Kier alpha value is -1.63. The topological polar surface area (TPSA) is 43.8 Å². The standard InChI is InChI=1S/C22H34N2O2S2/c1-8-20(22(26)24(9-2)18(5)14-16-28-10-3)12-11-17(4)21(25)23(7)15-13-19(6)27/h11-16,22,26-27H,5-6,8-10H2,1-4,7H3/b15-13-,16-14-,17-11+,20-12+. The zero-order valence-corrected chi connectivity index (χ0v) is 19.4. The molecule has 0 aliphatic heterocycles. The molecule has 0 fully saturated rings. The summed E-state index contributed by atoms with van der Waals surface area (Å²) in [6, 6.07) is 0. The fourth-order valence-corrected chi connectivity index (χ4v) is 2.80. The lowest BCUT2D eigenvalue weighted by Gasteiger charge is -2.30. The summed E-state index contributed by atoms with van der Waals surface area (Å²) in [4.78, 5) is 16.3. The molecular formula is C22H34N2O2S2. The summed E-state index contributed by atoms with van der Waals surface area (Å²) in [5, 5.41) is 12.8. The highest BCUT2D eigenvalue weighted by atomic mass is 32.2. The molecule has 156 valence electrons. The lowest BCUT2D eigenvalue weighted by molar-refractivity contribution is -0.123. The highest BCUT2D eigenvalue weighted by molar-refractivity contribution is 8.02. The normalized spacial score (nSPS) is 13.8. The highest BCUT2D eigenvalue weighted by Crippen LogP contribution is 2.18. The smallest absolute Gasteiger partial charge is 0.253 e. The molecule has 28 heavy (non-hydrogen) atoms. The molecule has 1 amide bonds. The lowest BCUT2D eigenvalue weighted by Crippen LogP contribution is -2.35. The molecule has 0 saturated carbocycles. The number of carbonyl (C=O) groups excluding carboxylic acids is 1. The monoisotopic (exact) mass is 422 g/mol. The van der Waals surface area contributed by atoms with Crippen LogP contribution >= 0.6 is 24.4 Å². The van der Waals surface area contributed by atoms with Crippen LogP contribution in [0.5, 0.6) is 0 Å². The van der Waals surface area contributed by atoms with Gasteiger partial charge < -0.3 is 14.9 Å². The number of hydrogen-bond acceptors (Lipinski definition) is 5. The maximum Gasteiger partial charge on any atom is 0.253 e. The number of allylic oxidation sites excluding steroid dienone is 4. The molecule has 0 aromatic rings. The third kappa shape index (κ3) is 9.53. The number of amides is 1. The third-order valence-electron chi connectivity index (χ3n) is 3.96. The first kappa shape index (κ1) is 26.4. The van der Waals surface area contributed by atoms with E-state index in [0.717, 1.165) is 17.0 Å². The first-order chi connectivity index (χ1) is 13.2. The van der Waals surface area contributed by atoms with Gasteiger partial charge in [-0.1, -0.05) is 39.2 Å².